The van der Waals surface area contributed by atoms with Crippen LogP contribution in [0.15, 0.2) is 43.1 Å². The van der Waals surface area contributed by atoms with Crippen LogP contribution in [0.25, 0.3) is 5.65 Å². The summed E-state index contributed by atoms with van der Waals surface area (Å²) in [6, 6.07) is 9.09. The lowest BCUT2D eigenvalue weighted by molar-refractivity contribution is -0.133. The van der Waals surface area contributed by atoms with Crippen molar-refractivity contribution in [3.63, 3.8) is 0 Å². The molecule has 0 radical (unpaired) electrons. The van der Waals surface area contributed by atoms with Gasteiger partial charge in [-0.15, -0.1) is 5.10 Å². The second-order valence-corrected chi connectivity index (χ2v) is 12.6. The third-order valence-corrected chi connectivity index (χ3v) is 9.45. The number of pyridine rings is 1. The van der Waals surface area contributed by atoms with Crippen LogP contribution in [0.5, 0.6) is 0 Å². The van der Waals surface area contributed by atoms with Gasteiger partial charge in [-0.3, -0.25) is 14.2 Å². The Kier molecular flexibility index (Phi) is 7.37. The van der Waals surface area contributed by atoms with Crippen molar-refractivity contribution in [3.05, 3.63) is 48.7 Å². The Hall–Kier alpha value is -4.95. The second kappa shape index (κ2) is 11.5. The van der Waals surface area contributed by atoms with Crippen LogP contribution in [0.4, 0.5) is 17.3 Å². The molecule has 0 aromatic carbocycles. The van der Waals surface area contributed by atoms with Crippen molar-refractivity contribution in [2.75, 3.05) is 42.9 Å². The number of piperidine rings is 1. The van der Waals surface area contributed by atoms with E-state index in [2.05, 4.69) is 49.9 Å². The first-order valence-corrected chi connectivity index (χ1v) is 15.6. The van der Waals surface area contributed by atoms with Crippen LogP contribution in [0.1, 0.15) is 44.6 Å². The van der Waals surface area contributed by atoms with Gasteiger partial charge in [0.2, 0.25) is 11.9 Å². The molecule has 232 valence electrons. The molecule has 14 nitrogen and oxygen atoms in total. The summed E-state index contributed by atoms with van der Waals surface area (Å²) in [7, 11) is 0. The number of nitrogens with zero attached hydrogens (tertiary/aromatic N) is 11. The highest BCUT2D eigenvalue weighted by Gasteiger charge is 2.46. The maximum atomic E-state index is 13.0. The van der Waals surface area contributed by atoms with Crippen LogP contribution >= 0.6 is 0 Å². The Morgan fingerprint density at radius 1 is 1.13 bits per heavy atom. The monoisotopic (exact) mass is 607 g/mol. The highest BCUT2D eigenvalue weighted by molar-refractivity contribution is 5.76. The van der Waals surface area contributed by atoms with Crippen LogP contribution in [-0.4, -0.2) is 83.7 Å². The normalized spacial score (nSPS) is 18.7. The van der Waals surface area contributed by atoms with Gasteiger partial charge in [-0.25, -0.2) is 4.52 Å². The number of likely N-dealkylation sites (tertiary alicyclic amines) is 1. The molecular formula is C31H37N13O. The van der Waals surface area contributed by atoms with Crippen LogP contribution in [0.3, 0.4) is 0 Å². The number of carbonyl (C=O) groups is 1. The number of amides is 1. The molecule has 45 heavy (non-hydrogen) atoms. The molecule has 1 aliphatic carbocycles. The number of nitrogens with one attached hydrogen (secondary N) is 2. The molecule has 7 rings (SSSR count). The topological polar surface area (TPSA) is 161 Å². The van der Waals surface area contributed by atoms with E-state index in [1.165, 1.54) is 0 Å². The van der Waals surface area contributed by atoms with Gasteiger partial charge in [0, 0.05) is 57.4 Å². The molecule has 3 aliphatic rings. The molecule has 0 spiro atoms. The molecule has 0 bridgehead atoms. The number of aromatic nitrogens is 7. The van der Waals surface area contributed by atoms with E-state index in [0.717, 1.165) is 49.9 Å². The lowest BCUT2D eigenvalue weighted by Gasteiger charge is -2.50. The fraction of sp³-hybridized carbons (Fsp3) is 0.516. The number of hydrogen-bond acceptors (Lipinski definition) is 10. The van der Waals surface area contributed by atoms with E-state index < -0.39 is 0 Å². The number of hydrogen-bond donors (Lipinski definition) is 2. The fourth-order valence-corrected chi connectivity index (χ4v) is 6.35. The number of carbonyl (C=O) groups excluding carboxylic acids is 1. The van der Waals surface area contributed by atoms with Gasteiger partial charge in [0.1, 0.15) is 12.1 Å². The minimum atomic E-state index is -0.369. The van der Waals surface area contributed by atoms with Crippen molar-refractivity contribution in [2.24, 2.45) is 5.41 Å². The predicted molar refractivity (Wildman–Crippen MR) is 165 cm³/mol. The van der Waals surface area contributed by atoms with E-state index in [-0.39, 0.29) is 23.4 Å². The Morgan fingerprint density at radius 3 is 2.67 bits per heavy atom. The van der Waals surface area contributed by atoms with Crippen LogP contribution in [0.2, 0.25) is 0 Å². The van der Waals surface area contributed by atoms with Gasteiger partial charge in [-0.1, -0.05) is 6.92 Å². The molecular weight excluding hydrogens is 570 g/mol. The lowest BCUT2D eigenvalue weighted by atomic mass is 9.86. The number of aryl methyl sites for hydroxylation is 1. The number of anilines is 3. The predicted octanol–water partition coefficient (Wildman–Crippen LogP) is 2.44. The van der Waals surface area contributed by atoms with E-state index in [1.807, 2.05) is 40.3 Å². The Labute approximate surface area is 261 Å². The Balaban J connectivity index is 0.952. The zero-order valence-electron chi connectivity index (χ0n) is 25.4. The molecule has 6 heterocycles. The molecule has 2 aliphatic heterocycles. The third kappa shape index (κ3) is 5.69. The molecule has 1 saturated carbocycles. The largest absolute Gasteiger partial charge is 0.363 e. The molecule has 3 fully saturated rings. The van der Waals surface area contributed by atoms with Gasteiger partial charge in [0.25, 0.3) is 0 Å². The average molecular weight is 608 g/mol. The maximum absolute atomic E-state index is 13.0. The van der Waals surface area contributed by atoms with Crippen LogP contribution in [0, 0.1) is 28.1 Å². The minimum Gasteiger partial charge on any atom is -0.363 e. The first-order chi connectivity index (χ1) is 21.9. The van der Waals surface area contributed by atoms with Gasteiger partial charge in [0.05, 0.1) is 47.7 Å². The fourth-order valence-electron chi connectivity index (χ4n) is 6.35. The third-order valence-electron chi connectivity index (χ3n) is 9.45. The number of rotatable bonds is 11. The van der Waals surface area contributed by atoms with Crippen LogP contribution < -0.4 is 15.5 Å². The molecule has 0 unspecified atom stereocenters. The molecule has 4 aromatic rings. The maximum Gasteiger partial charge on any atom is 0.247 e. The highest BCUT2D eigenvalue weighted by Crippen LogP contribution is 2.44. The first-order valence-electron chi connectivity index (χ1n) is 15.6. The molecule has 1 amide bonds. The summed E-state index contributed by atoms with van der Waals surface area (Å²) in [5.74, 6) is 0.466. The van der Waals surface area contributed by atoms with Gasteiger partial charge >= 0.3 is 0 Å². The number of fused-ring (bicyclic) bond motifs is 1. The van der Waals surface area contributed by atoms with E-state index in [0.29, 0.717) is 55.9 Å². The van der Waals surface area contributed by atoms with E-state index in [4.69, 9.17) is 4.98 Å². The smallest absolute Gasteiger partial charge is 0.247 e. The standard InChI is InChI=1S/C31H37N13O/c1-2-23-14-36-44(16-23)31(9-10-32)21-41(22-31)26-4-3-11-43-28(26)38-29(39-43)37-25-15-35-42(17-25)18-27(45)40-12-5-24(6-13-40)34-20-30(19-33)7-8-30/h3-4,11,14-17,24,34H,2,5-9,12-13,18,20-22H2,1H3,(H,37,39). The van der Waals surface area contributed by atoms with Gasteiger partial charge in [-0.2, -0.15) is 25.7 Å². The van der Waals surface area contributed by atoms with E-state index in [1.54, 1.807) is 21.6 Å². The minimum absolute atomic E-state index is 0.0392. The zero-order valence-corrected chi connectivity index (χ0v) is 25.4. The second-order valence-electron chi connectivity index (χ2n) is 12.6. The molecule has 2 saturated heterocycles. The summed E-state index contributed by atoms with van der Waals surface area (Å²) in [6.07, 6.45) is 14.3. The summed E-state index contributed by atoms with van der Waals surface area (Å²) in [4.78, 5) is 21.8. The van der Waals surface area contributed by atoms with Gasteiger partial charge in [0.15, 0.2) is 5.65 Å². The summed E-state index contributed by atoms with van der Waals surface area (Å²) >= 11 is 0. The quantitative estimate of drug-likeness (QED) is 0.259. The molecule has 0 atom stereocenters. The number of nitriles is 2. The molecule has 4 aromatic heterocycles. The molecule has 2 N–H and O–H groups in total. The van der Waals surface area contributed by atoms with Crippen molar-refractivity contribution in [3.8, 4) is 12.1 Å². The summed E-state index contributed by atoms with van der Waals surface area (Å²) in [5, 5.41) is 39.2. The summed E-state index contributed by atoms with van der Waals surface area (Å²) in [5.41, 5.74) is 2.97. The first kappa shape index (κ1) is 28.8. The van der Waals surface area contributed by atoms with Crippen molar-refractivity contribution in [1.82, 2.24) is 44.4 Å². The highest BCUT2D eigenvalue weighted by atomic mass is 16.2. The summed E-state index contributed by atoms with van der Waals surface area (Å²) in [6.45, 7) is 5.71. The van der Waals surface area contributed by atoms with Gasteiger partial charge < -0.3 is 20.4 Å². The Morgan fingerprint density at radius 2 is 1.96 bits per heavy atom. The average Bonchev–Trinajstić information content (AvgIpc) is 3.33. The van der Waals surface area contributed by atoms with E-state index >= 15 is 0 Å². The lowest BCUT2D eigenvalue weighted by Crippen LogP contribution is -2.63. The van der Waals surface area contributed by atoms with Crippen molar-refractivity contribution in [2.45, 2.75) is 63.6 Å². The Bertz CT molecular complexity index is 1770. The zero-order chi connectivity index (χ0) is 31.0. The summed E-state index contributed by atoms with van der Waals surface area (Å²) < 4.78 is 5.32. The van der Waals surface area contributed by atoms with Crippen LogP contribution in [-0.2, 0) is 23.3 Å². The SMILES string of the molecule is CCc1cnn(C2(CC#N)CN(c3cccn4nc(Nc5cnn(CC(=O)N6CCC(NCC7(C#N)CC7)CC6)c5)nc34)C2)c1. The van der Waals surface area contributed by atoms with Crippen molar-refractivity contribution in [1.29, 1.82) is 10.5 Å². The van der Waals surface area contributed by atoms with Crippen molar-refractivity contribution >= 4 is 28.9 Å². The van der Waals surface area contributed by atoms with E-state index in [9.17, 15) is 15.3 Å². The molecule has 14 heteroatoms. The van der Waals surface area contributed by atoms with Gasteiger partial charge in [-0.05, 0) is 49.8 Å². The van der Waals surface area contributed by atoms with Crippen molar-refractivity contribution < 1.29 is 4.79 Å².